The maximum absolute atomic E-state index is 4.69. The van der Waals surface area contributed by atoms with Gasteiger partial charge < -0.3 is 5.32 Å². The van der Waals surface area contributed by atoms with Gasteiger partial charge in [-0.2, -0.15) is 0 Å². The summed E-state index contributed by atoms with van der Waals surface area (Å²) in [6, 6.07) is 1.48. The SMILES string of the molecule is C=C1CCC2CCCC3C4CCCCC[C@H](NC(C)C5CCC5C)C4C(CC)CC1C23. The minimum atomic E-state index is 0.714. The summed E-state index contributed by atoms with van der Waals surface area (Å²) in [5.41, 5.74) is 1.65. The van der Waals surface area contributed by atoms with E-state index in [0.717, 1.165) is 59.3 Å². The Labute approximate surface area is 193 Å². The van der Waals surface area contributed by atoms with E-state index in [2.05, 4.69) is 26.1 Å². The zero-order chi connectivity index (χ0) is 21.5. The highest BCUT2D eigenvalue weighted by Crippen LogP contribution is 2.59. The van der Waals surface area contributed by atoms with E-state index in [1.807, 2.05) is 0 Å². The number of nitrogens with one attached hydrogen (secondary N) is 1. The van der Waals surface area contributed by atoms with Crippen molar-refractivity contribution >= 4 is 0 Å². The first-order valence-electron chi connectivity index (χ1n) is 14.5. The zero-order valence-corrected chi connectivity index (χ0v) is 21.0. The maximum atomic E-state index is 4.69. The van der Waals surface area contributed by atoms with Crippen molar-refractivity contribution in [3.8, 4) is 0 Å². The molecule has 0 aromatic rings. The summed E-state index contributed by atoms with van der Waals surface area (Å²) in [7, 11) is 0. The Morgan fingerprint density at radius 3 is 2.42 bits per heavy atom. The maximum Gasteiger partial charge on any atom is 0.0103 e. The largest absolute Gasteiger partial charge is 0.311 e. The van der Waals surface area contributed by atoms with Crippen LogP contribution in [0.25, 0.3) is 0 Å². The molecule has 0 aliphatic heterocycles. The molecule has 0 radical (unpaired) electrons. The van der Waals surface area contributed by atoms with Crippen LogP contribution < -0.4 is 5.32 Å². The second kappa shape index (κ2) is 9.52. The number of hydrogen-bond donors (Lipinski definition) is 1. The molecule has 5 rings (SSSR count). The Morgan fingerprint density at radius 1 is 0.903 bits per heavy atom. The van der Waals surface area contributed by atoms with Crippen LogP contribution in [-0.2, 0) is 0 Å². The van der Waals surface area contributed by atoms with Crippen molar-refractivity contribution < 1.29 is 0 Å². The predicted molar refractivity (Wildman–Crippen MR) is 133 cm³/mol. The molecule has 0 bridgehead atoms. The van der Waals surface area contributed by atoms with E-state index >= 15 is 0 Å². The highest BCUT2D eigenvalue weighted by atomic mass is 15.0. The lowest BCUT2D eigenvalue weighted by Gasteiger charge is -2.50. The number of fused-ring (bicyclic) bond motifs is 2. The molecule has 0 amide bonds. The molecule has 5 saturated carbocycles. The molecule has 0 spiro atoms. The molecule has 0 aromatic carbocycles. The molecule has 31 heavy (non-hydrogen) atoms. The van der Waals surface area contributed by atoms with Crippen LogP contribution in [-0.4, -0.2) is 12.1 Å². The topological polar surface area (TPSA) is 12.0 Å². The first-order chi connectivity index (χ1) is 15.1. The van der Waals surface area contributed by atoms with Crippen molar-refractivity contribution in [2.45, 2.75) is 123 Å². The first kappa shape index (κ1) is 22.5. The molecule has 176 valence electrons. The van der Waals surface area contributed by atoms with Gasteiger partial charge in [-0.05, 0) is 105 Å². The average Bonchev–Trinajstić information content (AvgIpc) is 2.88. The molecule has 11 atom stereocenters. The lowest BCUT2D eigenvalue weighted by molar-refractivity contribution is 0.0194. The molecule has 0 aromatic heterocycles. The van der Waals surface area contributed by atoms with Gasteiger partial charge in [0.2, 0.25) is 0 Å². The summed E-state index contributed by atoms with van der Waals surface area (Å²) >= 11 is 0. The summed E-state index contributed by atoms with van der Waals surface area (Å²) in [6.45, 7) is 12.2. The third-order valence-electron chi connectivity index (χ3n) is 11.5. The number of allylic oxidation sites excluding steroid dienone is 1. The van der Waals surface area contributed by atoms with Crippen molar-refractivity contribution in [1.29, 1.82) is 0 Å². The summed E-state index contributed by atoms with van der Waals surface area (Å²) in [5, 5.41) is 4.35. The standard InChI is InChI=1S/C30H51N/c1-5-22-18-27-20(3)14-16-23-10-9-12-25(29(23)27)26-11-7-6-8-13-28(30(22)26)31-21(4)24-17-15-19(24)2/h19,21-31H,3,5-18H2,1-2,4H3/t19?,21?,22?,23?,24?,25?,26?,27?,28-,29?,30?/m0/s1. The third kappa shape index (κ3) is 4.20. The van der Waals surface area contributed by atoms with Gasteiger partial charge in [-0.1, -0.05) is 70.9 Å². The quantitative estimate of drug-likeness (QED) is 0.450. The second-order valence-corrected chi connectivity index (χ2v) is 12.8. The molecule has 0 heterocycles. The summed E-state index contributed by atoms with van der Waals surface area (Å²) in [5.74, 6) is 8.56. The smallest absolute Gasteiger partial charge is 0.0103 e. The summed E-state index contributed by atoms with van der Waals surface area (Å²) in [4.78, 5) is 0. The lowest BCUT2D eigenvalue weighted by atomic mass is 9.56. The van der Waals surface area contributed by atoms with E-state index in [1.165, 1.54) is 89.9 Å². The molecule has 5 fully saturated rings. The molecule has 5 aliphatic carbocycles. The van der Waals surface area contributed by atoms with Crippen LogP contribution in [0.5, 0.6) is 0 Å². The fraction of sp³-hybridized carbons (Fsp3) is 0.933. The zero-order valence-electron chi connectivity index (χ0n) is 21.0. The average molecular weight is 426 g/mol. The summed E-state index contributed by atoms with van der Waals surface area (Å²) < 4.78 is 0. The van der Waals surface area contributed by atoms with E-state index in [-0.39, 0.29) is 0 Å². The van der Waals surface area contributed by atoms with E-state index < -0.39 is 0 Å². The van der Waals surface area contributed by atoms with Crippen molar-refractivity contribution in [2.24, 2.45) is 53.3 Å². The molecule has 1 N–H and O–H groups in total. The van der Waals surface area contributed by atoms with Crippen molar-refractivity contribution in [3.63, 3.8) is 0 Å². The number of rotatable bonds is 4. The Balaban J connectivity index is 1.46. The second-order valence-electron chi connectivity index (χ2n) is 12.8. The molecule has 5 aliphatic rings. The Hall–Kier alpha value is -0.300. The van der Waals surface area contributed by atoms with Gasteiger partial charge in [0.15, 0.2) is 0 Å². The Kier molecular flexibility index (Phi) is 6.90. The molecular formula is C30H51N. The fourth-order valence-corrected chi connectivity index (χ4v) is 9.76. The van der Waals surface area contributed by atoms with Crippen LogP contribution >= 0.6 is 0 Å². The fourth-order valence-electron chi connectivity index (χ4n) is 9.76. The monoisotopic (exact) mass is 425 g/mol. The van der Waals surface area contributed by atoms with Gasteiger partial charge in [0.1, 0.15) is 0 Å². The van der Waals surface area contributed by atoms with Crippen LogP contribution in [0.15, 0.2) is 12.2 Å². The van der Waals surface area contributed by atoms with Crippen molar-refractivity contribution in [3.05, 3.63) is 12.2 Å². The van der Waals surface area contributed by atoms with Gasteiger partial charge in [0, 0.05) is 12.1 Å². The minimum Gasteiger partial charge on any atom is -0.311 e. The van der Waals surface area contributed by atoms with Gasteiger partial charge in [-0.3, -0.25) is 0 Å². The van der Waals surface area contributed by atoms with Crippen molar-refractivity contribution in [1.82, 2.24) is 5.32 Å². The van der Waals surface area contributed by atoms with Crippen LogP contribution in [0.1, 0.15) is 111 Å². The van der Waals surface area contributed by atoms with Gasteiger partial charge in [-0.15, -0.1) is 0 Å². The van der Waals surface area contributed by atoms with E-state index in [1.54, 1.807) is 5.57 Å². The van der Waals surface area contributed by atoms with Gasteiger partial charge in [0.25, 0.3) is 0 Å². The molecule has 0 saturated heterocycles. The van der Waals surface area contributed by atoms with Crippen molar-refractivity contribution in [2.75, 3.05) is 0 Å². The predicted octanol–water partition coefficient (Wildman–Crippen LogP) is 8.00. The van der Waals surface area contributed by atoms with Gasteiger partial charge in [-0.25, -0.2) is 0 Å². The summed E-state index contributed by atoms with van der Waals surface area (Å²) in [6.07, 6.45) is 20.5. The first-order valence-corrected chi connectivity index (χ1v) is 14.5. The molecule has 10 unspecified atom stereocenters. The molecular weight excluding hydrogens is 374 g/mol. The van der Waals surface area contributed by atoms with Crippen LogP contribution in [0.4, 0.5) is 0 Å². The van der Waals surface area contributed by atoms with E-state index in [0.29, 0.717) is 6.04 Å². The highest BCUT2D eigenvalue weighted by Gasteiger charge is 2.52. The van der Waals surface area contributed by atoms with Crippen LogP contribution in [0.2, 0.25) is 0 Å². The number of hydrogen-bond acceptors (Lipinski definition) is 1. The Morgan fingerprint density at radius 2 is 1.68 bits per heavy atom. The lowest BCUT2D eigenvalue weighted by Crippen LogP contribution is -2.52. The minimum absolute atomic E-state index is 0.714. The van der Waals surface area contributed by atoms with Crippen LogP contribution in [0, 0.1) is 53.3 Å². The molecule has 1 nitrogen and oxygen atoms in total. The van der Waals surface area contributed by atoms with Crippen LogP contribution in [0.3, 0.4) is 0 Å². The van der Waals surface area contributed by atoms with Gasteiger partial charge in [0.05, 0.1) is 0 Å². The third-order valence-corrected chi connectivity index (χ3v) is 11.5. The van der Waals surface area contributed by atoms with E-state index in [4.69, 9.17) is 6.58 Å². The van der Waals surface area contributed by atoms with Gasteiger partial charge >= 0.3 is 0 Å². The highest BCUT2D eigenvalue weighted by molar-refractivity contribution is 5.14. The normalized spacial score (nSPS) is 48.9. The van der Waals surface area contributed by atoms with E-state index in [9.17, 15) is 0 Å². The molecule has 1 heteroatoms. The Bertz CT molecular complexity index is 624.